The molecule has 1 heterocycles. The van der Waals surface area contributed by atoms with Crippen molar-refractivity contribution in [3.8, 4) is 0 Å². The van der Waals surface area contributed by atoms with Crippen molar-refractivity contribution in [1.82, 2.24) is 20.4 Å². The average Bonchev–Trinajstić information content (AvgIpc) is 3.73. The van der Waals surface area contributed by atoms with E-state index in [1.807, 2.05) is 27.7 Å². The molecule has 0 aliphatic heterocycles. The van der Waals surface area contributed by atoms with Crippen molar-refractivity contribution in [3.63, 3.8) is 0 Å². The van der Waals surface area contributed by atoms with Crippen LogP contribution in [0, 0.1) is 62.6 Å². The number of carbonyl (C=O) groups is 6. The van der Waals surface area contributed by atoms with Gasteiger partial charge in [-0.2, -0.15) is 23.0 Å². The predicted molar refractivity (Wildman–Crippen MR) is 236 cm³/mol. The summed E-state index contributed by atoms with van der Waals surface area (Å²) >= 11 is 0. The number of aromatic nitrogens is 2. The summed E-state index contributed by atoms with van der Waals surface area (Å²) in [5.74, 6) is -3.41. The number of ketones is 1. The van der Waals surface area contributed by atoms with Crippen molar-refractivity contribution in [2.45, 2.75) is 163 Å². The maximum absolute atomic E-state index is 14.6. The number of aliphatic carboxylic acids is 1. The molecular formula is C50H69F3N4O10. The van der Waals surface area contributed by atoms with E-state index in [0.717, 1.165) is 49.7 Å². The molecule has 1 aromatic rings. The lowest BCUT2D eigenvalue weighted by molar-refractivity contribution is -0.235. The number of fused-ring (bicyclic) bond motifs is 7. The number of amides is 2. The number of esters is 1. The second kappa shape index (κ2) is 16.1. The highest BCUT2D eigenvalue weighted by molar-refractivity contribution is 6.04. The molecule has 0 unspecified atom stereocenters. The van der Waals surface area contributed by atoms with Gasteiger partial charge < -0.3 is 30.0 Å². The first-order valence-corrected chi connectivity index (χ1v) is 24.2. The van der Waals surface area contributed by atoms with Crippen LogP contribution in [0.25, 0.3) is 0 Å². The summed E-state index contributed by atoms with van der Waals surface area (Å²) in [7, 11) is 1.35. The van der Waals surface area contributed by atoms with Crippen LogP contribution in [-0.2, 0) is 39.6 Å². The van der Waals surface area contributed by atoms with E-state index in [0.29, 0.717) is 24.8 Å². The minimum Gasteiger partial charge on any atom is -0.481 e. The van der Waals surface area contributed by atoms with Crippen LogP contribution in [0.15, 0.2) is 17.2 Å². The van der Waals surface area contributed by atoms with Crippen LogP contribution in [0.3, 0.4) is 0 Å². The van der Waals surface area contributed by atoms with Crippen LogP contribution in [0.5, 0.6) is 0 Å². The van der Waals surface area contributed by atoms with Crippen LogP contribution in [0.2, 0.25) is 0 Å². The van der Waals surface area contributed by atoms with E-state index in [9.17, 15) is 47.0 Å². The highest BCUT2D eigenvalue weighted by Crippen LogP contribution is 2.76. The normalized spacial score (nSPS) is 36.7. The summed E-state index contributed by atoms with van der Waals surface area (Å²) in [6.45, 7) is 19.1. The number of alkyl halides is 3. The Morgan fingerprint density at radius 1 is 0.851 bits per heavy atom. The summed E-state index contributed by atoms with van der Waals surface area (Å²) in [5.41, 5.74) is -4.46. The van der Waals surface area contributed by atoms with Crippen LogP contribution < -0.4 is 10.6 Å². The first-order chi connectivity index (χ1) is 31.0. The van der Waals surface area contributed by atoms with E-state index in [4.69, 9.17) is 14.2 Å². The minimum absolute atomic E-state index is 0.0136. The molecule has 0 aromatic carbocycles. The molecule has 370 valence electrons. The van der Waals surface area contributed by atoms with Gasteiger partial charge in [0.05, 0.1) is 24.0 Å². The Morgan fingerprint density at radius 2 is 1.54 bits per heavy atom. The zero-order chi connectivity index (χ0) is 49.2. The molecule has 67 heavy (non-hydrogen) atoms. The number of hydrogen-bond acceptors (Lipinski definition) is 10. The molecule has 0 radical (unpaired) electrons. The fourth-order valence-electron chi connectivity index (χ4n) is 15.2. The van der Waals surface area contributed by atoms with Gasteiger partial charge >= 0.3 is 24.2 Å². The molecule has 1 aromatic heterocycles. The number of Topliss-reactive ketones (excluding diaryl/α,β-unsaturated/α-hetero) is 1. The average molecular weight is 943 g/mol. The highest BCUT2D eigenvalue weighted by Gasteiger charge is 2.71. The summed E-state index contributed by atoms with van der Waals surface area (Å²) in [6, 6.07) is 0.454. The van der Waals surface area contributed by atoms with E-state index >= 15 is 0 Å². The predicted octanol–water partition coefficient (Wildman–Crippen LogP) is 8.30. The molecule has 7 aliphatic rings. The summed E-state index contributed by atoms with van der Waals surface area (Å²) in [5, 5.41) is 19.0. The minimum atomic E-state index is -4.98. The number of nitrogens with zero attached hydrogens (tertiary/aromatic N) is 2. The Morgan fingerprint density at radius 3 is 2.13 bits per heavy atom. The fraction of sp³-hybridized carbons (Fsp3) is 0.780. The zero-order valence-corrected chi connectivity index (χ0v) is 40.7. The lowest BCUT2D eigenvalue weighted by Gasteiger charge is -2.72. The van der Waals surface area contributed by atoms with Gasteiger partial charge in [-0.05, 0) is 127 Å². The van der Waals surface area contributed by atoms with E-state index in [2.05, 4.69) is 50.4 Å². The molecule has 0 saturated heterocycles. The largest absolute Gasteiger partial charge is 0.481 e. The fourth-order valence-corrected chi connectivity index (χ4v) is 15.2. The number of methoxy groups -OCH3 is 1. The first kappa shape index (κ1) is 49.2. The Kier molecular flexibility index (Phi) is 11.8. The van der Waals surface area contributed by atoms with E-state index in [-0.39, 0.29) is 101 Å². The van der Waals surface area contributed by atoms with Crippen molar-refractivity contribution in [1.29, 1.82) is 0 Å². The number of nitrogens with one attached hydrogen (secondary N) is 2. The lowest BCUT2D eigenvalue weighted by atomic mass is 9.33. The van der Waals surface area contributed by atoms with Gasteiger partial charge in [0.25, 0.3) is 5.91 Å². The quantitative estimate of drug-likeness (QED) is 0.143. The van der Waals surface area contributed by atoms with Crippen molar-refractivity contribution < 1.29 is 61.3 Å². The monoisotopic (exact) mass is 942 g/mol. The van der Waals surface area contributed by atoms with Crippen LogP contribution in [-0.4, -0.2) is 88.0 Å². The van der Waals surface area contributed by atoms with Crippen LogP contribution in [0.1, 0.15) is 156 Å². The number of rotatable bonds is 11. The Labute approximate surface area is 390 Å². The molecule has 0 spiro atoms. The molecule has 17 heteroatoms. The number of allylic oxidation sites excluding steroid dienone is 1. The summed E-state index contributed by atoms with van der Waals surface area (Å²) < 4.78 is 57.9. The van der Waals surface area contributed by atoms with Crippen molar-refractivity contribution in [2.24, 2.45) is 62.6 Å². The molecule has 6 fully saturated rings. The molecule has 6 saturated carbocycles. The molecule has 14 nitrogen and oxygen atoms in total. The Balaban J connectivity index is 1.03. The van der Waals surface area contributed by atoms with Gasteiger partial charge in [-0.15, -0.1) is 0 Å². The van der Waals surface area contributed by atoms with E-state index in [1.54, 1.807) is 0 Å². The topological polar surface area (TPSA) is 192 Å². The third kappa shape index (κ3) is 7.46. The maximum Gasteiger partial charge on any atom is 0.435 e. The second-order valence-electron chi connectivity index (χ2n) is 23.5. The van der Waals surface area contributed by atoms with Gasteiger partial charge in [-0.1, -0.05) is 62.3 Å². The van der Waals surface area contributed by atoms with Gasteiger partial charge in [0.2, 0.25) is 5.91 Å². The summed E-state index contributed by atoms with van der Waals surface area (Å²) in [4.78, 5) is 81.0. The molecule has 0 bridgehead atoms. The molecule has 10 atom stereocenters. The number of halogens is 3. The first-order valence-electron chi connectivity index (χ1n) is 24.2. The maximum atomic E-state index is 14.6. The van der Waals surface area contributed by atoms with Crippen molar-refractivity contribution in [3.05, 3.63) is 28.6 Å². The molecule has 3 N–H and O–H groups in total. The van der Waals surface area contributed by atoms with Crippen LogP contribution >= 0.6 is 0 Å². The molecule has 2 amide bonds. The number of hydrogen-bond donors (Lipinski definition) is 3. The van der Waals surface area contributed by atoms with Gasteiger partial charge in [0.15, 0.2) is 11.5 Å². The number of carboxylic acid groups (broad SMARTS) is 1. The number of carboxylic acids is 1. The molecule has 7 aliphatic carbocycles. The smallest absolute Gasteiger partial charge is 0.435 e. The van der Waals surface area contributed by atoms with Crippen LogP contribution in [0.4, 0.5) is 18.0 Å². The molecule has 8 rings (SSSR count). The van der Waals surface area contributed by atoms with E-state index < -0.39 is 69.8 Å². The van der Waals surface area contributed by atoms with Crippen molar-refractivity contribution >= 4 is 35.6 Å². The SMILES string of the molecule is COCCOC(=O)n1nc(C(F)(F)F)cc1C(=O)NC1(C(=O)N[C@@]23CC[C@]4(C)[C@H](CC[C@@H]5[C@@]6(C)CC[C@H](OC(=O)[C@H]7C[C@@H](C(=O)O)C7(C)C)C(C)(C)[C@@H]6CC[C@]54C)C2=C(C(C)C)C(=O)C3)CC1. The second-order valence-corrected chi connectivity index (χ2v) is 23.5. The Bertz CT molecular complexity index is 2300. The number of carbonyl (C=O) groups excluding carboxylic acids is 5. The third-order valence-corrected chi connectivity index (χ3v) is 19.3. The van der Waals surface area contributed by atoms with Crippen molar-refractivity contribution in [2.75, 3.05) is 20.3 Å². The van der Waals surface area contributed by atoms with Gasteiger partial charge in [-0.25, -0.2) is 4.79 Å². The van der Waals surface area contributed by atoms with Gasteiger partial charge in [0, 0.05) is 25.0 Å². The Hall–Kier alpha value is -4.28. The zero-order valence-electron chi connectivity index (χ0n) is 40.7. The third-order valence-electron chi connectivity index (χ3n) is 19.3. The number of ether oxygens (including phenoxy) is 3. The van der Waals surface area contributed by atoms with E-state index in [1.165, 1.54) is 7.11 Å². The van der Waals surface area contributed by atoms with Gasteiger partial charge in [-0.3, -0.25) is 24.0 Å². The summed E-state index contributed by atoms with van der Waals surface area (Å²) in [6.07, 6.45) is 0.575. The lowest BCUT2D eigenvalue weighted by Crippen LogP contribution is -2.68. The molecular weight excluding hydrogens is 874 g/mol. The van der Waals surface area contributed by atoms with Gasteiger partial charge in [0.1, 0.15) is 23.9 Å². The standard InChI is InChI=1S/C50H69F3N4O10/c1-26(2)36-31(58)25-49(55-41(63)48(19-20-48)54-38(59)30-24-34(50(51,52)53)56-57(30)42(64)66-22-21-65-10)18-17-46(8)27(37(36)49)11-12-33-45(7)15-14-35(44(5,6)32(45)13-16-47(33,46)9)67-40(62)29-23-28(39(60)61)43(29,3)4/h24,26-29,32-33,35H,11-23,25H2,1-10H3,(H,54,59)(H,55,63)(H,60,61)/t27-,28+,29-,32+,33-,35+,45+,46-,47-,49-/m1/s1. The highest BCUT2D eigenvalue weighted by atomic mass is 19.4.